The van der Waals surface area contributed by atoms with Gasteiger partial charge in [-0.3, -0.25) is 4.90 Å². The second-order valence-corrected chi connectivity index (χ2v) is 4.61. The van der Waals surface area contributed by atoms with Crippen molar-refractivity contribution >= 4 is 5.97 Å². The Kier molecular flexibility index (Phi) is 4.02. The van der Waals surface area contributed by atoms with E-state index < -0.39 is 5.97 Å². The summed E-state index contributed by atoms with van der Waals surface area (Å²) in [6, 6.07) is 10.9. The summed E-state index contributed by atoms with van der Waals surface area (Å²) < 4.78 is 5.38. The maximum absolute atomic E-state index is 10.9. The Morgan fingerprint density at radius 3 is 2.79 bits per heavy atom. The summed E-state index contributed by atoms with van der Waals surface area (Å²) in [5, 5.41) is 8.97. The van der Waals surface area contributed by atoms with Crippen molar-refractivity contribution in [2.24, 2.45) is 0 Å². The first kappa shape index (κ1) is 13.4. The van der Waals surface area contributed by atoms with Gasteiger partial charge in [-0.05, 0) is 43.8 Å². The molecule has 0 amide bonds. The minimum atomic E-state index is -0.899. The summed E-state index contributed by atoms with van der Waals surface area (Å²) in [6.45, 7) is 2.73. The lowest BCUT2D eigenvalue weighted by Crippen LogP contribution is -2.21. The third-order valence-corrected chi connectivity index (χ3v) is 3.22. The maximum atomic E-state index is 10.9. The number of hydrogen-bond donors (Lipinski definition) is 1. The van der Waals surface area contributed by atoms with Crippen molar-refractivity contribution in [1.29, 1.82) is 0 Å². The van der Waals surface area contributed by atoms with Gasteiger partial charge in [0.2, 0.25) is 0 Å². The number of aromatic carboxylic acids is 1. The van der Waals surface area contributed by atoms with Crippen LogP contribution in [0.1, 0.15) is 34.6 Å². The zero-order chi connectivity index (χ0) is 13.8. The SMILES string of the molecule is CC(c1ccco1)N(C)Cc1cccc(C(=O)O)c1. The van der Waals surface area contributed by atoms with E-state index >= 15 is 0 Å². The van der Waals surface area contributed by atoms with E-state index in [9.17, 15) is 4.79 Å². The molecule has 0 saturated carbocycles. The first-order valence-electron chi connectivity index (χ1n) is 6.14. The van der Waals surface area contributed by atoms with Crippen LogP contribution < -0.4 is 0 Å². The smallest absolute Gasteiger partial charge is 0.335 e. The summed E-state index contributed by atoms with van der Waals surface area (Å²) in [6.07, 6.45) is 1.66. The molecule has 1 aromatic heterocycles. The Morgan fingerprint density at radius 2 is 2.16 bits per heavy atom. The van der Waals surface area contributed by atoms with Gasteiger partial charge in [0.15, 0.2) is 0 Å². The second kappa shape index (κ2) is 5.71. The molecule has 0 aliphatic rings. The zero-order valence-corrected chi connectivity index (χ0v) is 11.0. The summed E-state index contributed by atoms with van der Waals surface area (Å²) in [5.74, 6) is 0.000440. The fraction of sp³-hybridized carbons (Fsp3) is 0.267. The molecule has 0 aliphatic carbocycles. The van der Waals surface area contributed by atoms with Crippen molar-refractivity contribution in [3.8, 4) is 0 Å². The van der Waals surface area contributed by atoms with Crippen LogP contribution in [-0.4, -0.2) is 23.0 Å². The van der Waals surface area contributed by atoms with Gasteiger partial charge in [-0.1, -0.05) is 12.1 Å². The van der Waals surface area contributed by atoms with Crippen molar-refractivity contribution in [3.05, 3.63) is 59.5 Å². The van der Waals surface area contributed by atoms with E-state index in [0.29, 0.717) is 12.1 Å². The van der Waals surface area contributed by atoms with Crippen LogP contribution in [0.4, 0.5) is 0 Å². The lowest BCUT2D eigenvalue weighted by molar-refractivity contribution is 0.0696. The molecule has 0 aliphatic heterocycles. The van der Waals surface area contributed by atoms with Gasteiger partial charge in [0, 0.05) is 6.54 Å². The molecule has 2 aromatic rings. The average molecular weight is 259 g/mol. The number of carbonyl (C=O) groups is 1. The fourth-order valence-corrected chi connectivity index (χ4v) is 1.97. The van der Waals surface area contributed by atoms with Crippen molar-refractivity contribution in [1.82, 2.24) is 4.90 Å². The van der Waals surface area contributed by atoms with Gasteiger partial charge >= 0.3 is 5.97 Å². The largest absolute Gasteiger partial charge is 0.478 e. The highest BCUT2D eigenvalue weighted by Gasteiger charge is 2.14. The number of rotatable bonds is 5. The monoisotopic (exact) mass is 259 g/mol. The molecule has 1 aromatic carbocycles. The van der Waals surface area contributed by atoms with Crippen LogP contribution >= 0.6 is 0 Å². The van der Waals surface area contributed by atoms with Crippen molar-refractivity contribution < 1.29 is 14.3 Å². The van der Waals surface area contributed by atoms with Crippen LogP contribution in [0.25, 0.3) is 0 Å². The number of nitrogens with zero attached hydrogens (tertiary/aromatic N) is 1. The normalized spacial score (nSPS) is 12.6. The van der Waals surface area contributed by atoms with Crippen LogP contribution in [-0.2, 0) is 6.54 Å². The molecule has 4 heteroatoms. The minimum Gasteiger partial charge on any atom is -0.478 e. The Balaban J connectivity index is 2.08. The van der Waals surface area contributed by atoms with E-state index in [1.165, 1.54) is 0 Å². The Morgan fingerprint density at radius 1 is 1.37 bits per heavy atom. The molecule has 1 atom stereocenters. The quantitative estimate of drug-likeness (QED) is 0.896. The van der Waals surface area contributed by atoms with Gasteiger partial charge in [0.1, 0.15) is 5.76 Å². The highest BCUT2D eigenvalue weighted by atomic mass is 16.4. The Hall–Kier alpha value is -2.07. The van der Waals surface area contributed by atoms with E-state index in [2.05, 4.69) is 11.8 Å². The molecular weight excluding hydrogens is 242 g/mol. The summed E-state index contributed by atoms with van der Waals surface area (Å²) >= 11 is 0. The van der Waals surface area contributed by atoms with E-state index in [-0.39, 0.29) is 6.04 Å². The molecule has 0 spiro atoms. The van der Waals surface area contributed by atoms with Gasteiger partial charge in [-0.2, -0.15) is 0 Å². The third kappa shape index (κ3) is 3.23. The second-order valence-electron chi connectivity index (χ2n) is 4.61. The molecule has 0 fully saturated rings. The molecule has 2 rings (SSSR count). The van der Waals surface area contributed by atoms with Crippen molar-refractivity contribution in [2.75, 3.05) is 7.05 Å². The average Bonchev–Trinajstić information content (AvgIpc) is 2.92. The van der Waals surface area contributed by atoms with E-state index in [0.717, 1.165) is 11.3 Å². The highest BCUT2D eigenvalue weighted by molar-refractivity contribution is 5.87. The number of benzene rings is 1. The van der Waals surface area contributed by atoms with Crippen molar-refractivity contribution in [3.63, 3.8) is 0 Å². The standard InChI is InChI=1S/C15H17NO3/c1-11(14-7-4-8-19-14)16(2)10-12-5-3-6-13(9-12)15(17)18/h3-9,11H,10H2,1-2H3,(H,17,18). The third-order valence-electron chi connectivity index (χ3n) is 3.22. The molecule has 0 saturated heterocycles. The maximum Gasteiger partial charge on any atom is 0.335 e. The van der Waals surface area contributed by atoms with Gasteiger partial charge in [0.05, 0.1) is 17.9 Å². The van der Waals surface area contributed by atoms with Crippen LogP contribution in [0.2, 0.25) is 0 Å². The van der Waals surface area contributed by atoms with Gasteiger partial charge < -0.3 is 9.52 Å². The molecule has 4 nitrogen and oxygen atoms in total. The van der Waals surface area contributed by atoms with Crippen LogP contribution in [0.3, 0.4) is 0 Å². The number of carboxylic acids is 1. The zero-order valence-electron chi connectivity index (χ0n) is 11.0. The molecule has 100 valence electrons. The first-order valence-corrected chi connectivity index (χ1v) is 6.14. The van der Waals surface area contributed by atoms with E-state index in [1.807, 2.05) is 25.2 Å². The number of furan rings is 1. The molecule has 1 unspecified atom stereocenters. The minimum absolute atomic E-state index is 0.142. The van der Waals surface area contributed by atoms with Gasteiger partial charge in [0.25, 0.3) is 0 Å². The van der Waals surface area contributed by atoms with Crippen molar-refractivity contribution in [2.45, 2.75) is 19.5 Å². The van der Waals surface area contributed by atoms with Crippen LogP contribution in [0, 0.1) is 0 Å². The first-order chi connectivity index (χ1) is 9.08. The lowest BCUT2D eigenvalue weighted by Gasteiger charge is -2.23. The molecule has 1 heterocycles. The summed E-state index contributed by atoms with van der Waals surface area (Å²) in [7, 11) is 1.99. The molecule has 0 bridgehead atoms. The number of hydrogen-bond acceptors (Lipinski definition) is 3. The van der Waals surface area contributed by atoms with Crippen LogP contribution in [0.5, 0.6) is 0 Å². The lowest BCUT2D eigenvalue weighted by atomic mass is 10.1. The van der Waals surface area contributed by atoms with Gasteiger partial charge in [-0.25, -0.2) is 4.79 Å². The fourth-order valence-electron chi connectivity index (χ4n) is 1.97. The topological polar surface area (TPSA) is 53.7 Å². The van der Waals surface area contributed by atoms with Gasteiger partial charge in [-0.15, -0.1) is 0 Å². The van der Waals surface area contributed by atoms with E-state index in [4.69, 9.17) is 9.52 Å². The Labute approximate surface area is 112 Å². The predicted octanol–water partition coefficient (Wildman–Crippen LogP) is 3.17. The molecule has 0 radical (unpaired) electrons. The van der Waals surface area contributed by atoms with Crippen LogP contribution in [0.15, 0.2) is 47.1 Å². The van der Waals surface area contributed by atoms with E-state index in [1.54, 1.807) is 24.5 Å². The molecular formula is C15H17NO3. The summed E-state index contributed by atoms with van der Waals surface area (Å²) in [5.41, 5.74) is 1.29. The molecule has 1 N–H and O–H groups in total. The summed E-state index contributed by atoms with van der Waals surface area (Å²) in [4.78, 5) is 13.0. The Bertz CT molecular complexity index is 548. The number of carboxylic acid groups (broad SMARTS) is 1. The predicted molar refractivity (Wildman–Crippen MR) is 72.0 cm³/mol. The molecule has 19 heavy (non-hydrogen) atoms. The highest BCUT2D eigenvalue weighted by Crippen LogP contribution is 2.21.